The minimum Gasteiger partial charge on any atom is -0.264 e. The Morgan fingerprint density at radius 1 is 1.22 bits per heavy atom. The number of hydrazone groups is 1. The monoisotopic (exact) mass is 241 g/mol. The molecule has 2 aromatic heterocycles. The maximum Gasteiger partial charge on any atom is 0.243 e. The Bertz CT molecular complexity index is 543. The molecule has 0 unspecified atom stereocenters. The number of hydrogen-bond donors (Lipinski definition) is 1. The van der Waals surface area contributed by atoms with Crippen LogP contribution in [0.5, 0.6) is 0 Å². The van der Waals surface area contributed by atoms with Crippen molar-refractivity contribution in [2.24, 2.45) is 5.10 Å². The lowest BCUT2D eigenvalue weighted by molar-refractivity contribution is 1.03. The van der Waals surface area contributed by atoms with Gasteiger partial charge in [0.2, 0.25) is 5.95 Å². The number of nitrogens with one attached hydrogen (secondary N) is 1. The molecule has 0 saturated carbocycles. The van der Waals surface area contributed by atoms with E-state index in [0.717, 1.165) is 22.7 Å². The van der Waals surface area contributed by atoms with Crippen LogP contribution in [0.4, 0.5) is 5.95 Å². The summed E-state index contributed by atoms with van der Waals surface area (Å²) >= 11 is 0. The average molecular weight is 241 g/mol. The fourth-order valence-corrected chi connectivity index (χ4v) is 1.55. The number of rotatable bonds is 3. The predicted molar refractivity (Wildman–Crippen MR) is 71.6 cm³/mol. The van der Waals surface area contributed by atoms with Crippen molar-refractivity contribution in [2.75, 3.05) is 5.43 Å². The molecule has 0 spiro atoms. The number of aryl methyl sites for hydroxylation is 2. The smallest absolute Gasteiger partial charge is 0.243 e. The van der Waals surface area contributed by atoms with E-state index in [1.165, 1.54) is 0 Å². The first-order valence-electron chi connectivity index (χ1n) is 5.68. The summed E-state index contributed by atoms with van der Waals surface area (Å²) in [5, 5.41) is 4.25. The highest BCUT2D eigenvalue weighted by atomic mass is 15.4. The van der Waals surface area contributed by atoms with Crippen molar-refractivity contribution in [1.29, 1.82) is 0 Å². The molecule has 18 heavy (non-hydrogen) atoms. The average Bonchev–Trinajstić information content (AvgIpc) is 2.36. The van der Waals surface area contributed by atoms with Crippen molar-refractivity contribution >= 4 is 11.7 Å². The highest BCUT2D eigenvalue weighted by Crippen LogP contribution is 2.04. The zero-order valence-corrected chi connectivity index (χ0v) is 10.7. The van der Waals surface area contributed by atoms with Gasteiger partial charge in [-0.15, -0.1) is 0 Å². The minimum absolute atomic E-state index is 0.510. The van der Waals surface area contributed by atoms with E-state index in [-0.39, 0.29) is 0 Å². The Balaban J connectivity index is 2.15. The van der Waals surface area contributed by atoms with Gasteiger partial charge in [-0.05, 0) is 32.9 Å². The van der Waals surface area contributed by atoms with Crippen molar-refractivity contribution in [1.82, 2.24) is 15.0 Å². The van der Waals surface area contributed by atoms with E-state index in [1.807, 2.05) is 39.0 Å². The van der Waals surface area contributed by atoms with Crippen molar-refractivity contribution in [3.05, 3.63) is 47.5 Å². The van der Waals surface area contributed by atoms with Gasteiger partial charge in [-0.1, -0.05) is 6.07 Å². The molecule has 2 rings (SSSR count). The first-order chi connectivity index (χ1) is 8.65. The molecule has 0 aliphatic rings. The van der Waals surface area contributed by atoms with E-state index >= 15 is 0 Å². The van der Waals surface area contributed by atoms with E-state index in [4.69, 9.17) is 0 Å². The van der Waals surface area contributed by atoms with E-state index in [0.29, 0.717) is 5.95 Å². The zero-order valence-electron chi connectivity index (χ0n) is 10.7. The van der Waals surface area contributed by atoms with Gasteiger partial charge in [0.05, 0.1) is 5.71 Å². The van der Waals surface area contributed by atoms with Crippen LogP contribution >= 0.6 is 0 Å². The third kappa shape index (κ3) is 3.10. The van der Waals surface area contributed by atoms with Gasteiger partial charge in [0.1, 0.15) is 0 Å². The molecule has 0 atom stereocenters. The summed E-state index contributed by atoms with van der Waals surface area (Å²) in [7, 11) is 0. The van der Waals surface area contributed by atoms with Crippen molar-refractivity contribution in [3.63, 3.8) is 0 Å². The molecule has 5 heteroatoms. The van der Waals surface area contributed by atoms with Crippen LogP contribution in [0.1, 0.15) is 23.9 Å². The largest absolute Gasteiger partial charge is 0.264 e. The molecule has 2 aromatic rings. The molecular formula is C13H15N5. The van der Waals surface area contributed by atoms with Crippen LogP contribution in [0.3, 0.4) is 0 Å². The van der Waals surface area contributed by atoms with Crippen molar-refractivity contribution < 1.29 is 0 Å². The Kier molecular flexibility index (Phi) is 3.62. The minimum atomic E-state index is 0.510. The van der Waals surface area contributed by atoms with Gasteiger partial charge < -0.3 is 0 Å². The lowest BCUT2D eigenvalue weighted by Crippen LogP contribution is -2.03. The van der Waals surface area contributed by atoms with E-state index in [9.17, 15) is 0 Å². The predicted octanol–water partition coefficient (Wildman–Crippen LogP) is 2.32. The summed E-state index contributed by atoms with van der Waals surface area (Å²) in [6.07, 6.45) is 3.50. The van der Waals surface area contributed by atoms with Gasteiger partial charge in [-0.25, -0.2) is 15.4 Å². The number of anilines is 1. The molecule has 0 radical (unpaired) electrons. The van der Waals surface area contributed by atoms with Crippen molar-refractivity contribution in [3.8, 4) is 0 Å². The van der Waals surface area contributed by atoms with Crippen LogP contribution in [-0.2, 0) is 0 Å². The maximum atomic E-state index is 4.25. The van der Waals surface area contributed by atoms with Crippen LogP contribution in [0.15, 0.2) is 35.7 Å². The van der Waals surface area contributed by atoms with Gasteiger partial charge in [0, 0.05) is 29.3 Å². The fourth-order valence-electron chi connectivity index (χ4n) is 1.55. The molecular weight excluding hydrogens is 226 g/mol. The van der Waals surface area contributed by atoms with Crippen LogP contribution in [0.2, 0.25) is 0 Å². The SMILES string of the molecule is C/C(=N/Nc1nc(C)cc(C)n1)c1cccnc1. The Morgan fingerprint density at radius 2 is 1.94 bits per heavy atom. The van der Waals surface area contributed by atoms with E-state index in [1.54, 1.807) is 12.4 Å². The molecule has 0 amide bonds. The third-order valence-corrected chi connectivity index (χ3v) is 2.39. The molecule has 0 aliphatic carbocycles. The number of aromatic nitrogens is 3. The summed E-state index contributed by atoms with van der Waals surface area (Å²) < 4.78 is 0. The van der Waals surface area contributed by atoms with E-state index in [2.05, 4.69) is 25.5 Å². The Labute approximate surface area is 106 Å². The molecule has 0 saturated heterocycles. The van der Waals surface area contributed by atoms with Gasteiger partial charge in [-0.3, -0.25) is 4.98 Å². The quantitative estimate of drug-likeness (QED) is 0.661. The lowest BCUT2D eigenvalue weighted by Gasteiger charge is -2.03. The second-order valence-electron chi connectivity index (χ2n) is 4.03. The third-order valence-electron chi connectivity index (χ3n) is 2.39. The molecule has 0 fully saturated rings. The van der Waals surface area contributed by atoms with Crippen LogP contribution in [0, 0.1) is 13.8 Å². The highest BCUT2D eigenvalue weighted by Gasteiger charge is 1.99. The zero-order chi connectivity index (χ0) is 13.0. The van der Waals surface area contributed by atoms with Gasteiger partial charge >= 0.3 is 0 Å². The normalized spacial score (nSPS) is 11.4. The van der Waals surface area contributed by atoms with Crippen LogP contribution in [-0.4, -0.2) is 20.7 Å². The standard InChI is InChI=1S/C13H15N5/c1-9-7-10(2)16-13(15-9)18-17-11(3)12-5-4-6-14-8-12/h4-8H,1-3H3,(H,15,16,18)/b17-11-. The topological polar surface area (TPSA) is 63.1 Å². The summed E-state index contributed by atoms with van der Waals surface area (Å²) in [5.74, 6) is 0.510. The van der Waals surface area contributed by atoms with Gasteiger partial charge in [0.25, 0.3) is 0 Å². The highest BCUT2D eigenvalue weighted by molar-refractivity contribution is 5.98. The molecule has 2 heterocycles. The second kappa shape index (κ2) is 5.35. The summed E-state index contributed by atoms with van der Waals surface area (Å²) in [4.78, 5) is 12.6. The van der Waals surface area contributed by atoms with Crippen LogP contribution in [0.25, 0.3) is 0 Å². The molecule has 92 valence electrons. The number of nitrogens with zero attached hydrogens (tertiary/aromatic N) is 4. The molecule has 0 aliphatic heterocycles. The summed E-state index contributed by atoms with van der Waals surface area (Å²) in [6.45, 7) is 5.77. The second-order valence-corrected chi connectivity index (χ2v) is 4.03. The van der Waals surface area contributed by atoms with Gasteiger partial charge in [0.15, 0.2) is 0 Å². The lowest BCUT2D eigenvalue weighted by atomic mass is 10.2. The van der Waals surface area contributed by atoms with Crippen LogP contribution < -0.4 is 5.43 Å². The fraction of sp³-hybridized carbons (Fsp3) is 0.231. The number of pyridine rings is 1. The maximum absolute atomic E-state index is 4.25. The Morgan fingerprint density at radius 3 is 2.56 bits per heavy atom. The van der Waals surface area contributed by atoms with E-state index < -0.39 is 0 Å². The molecule has 1 N–H and O–H groups in total. The number of hydrogen-bond acceptors (Lipinski definition) is 5. The molecule has 0 aromatic carbocycles. The van der Waals surface area contributed by atoms with Gasteiger partial charge in [-0.2, -0.15) is 5.10 Å². The Hall–Kier alpha value is -2.30. The summed E-state index contributed by atoms with van der Waals surface area (Å²) in [5.41, 5.74) is 6.50. The summed E-state index contributed by atoms with van der Waals surface area (Å²) in [6, 6.07) is 5.75. The first-order valence-corrected chi connectivity index (χ1v) is 5.68. The molecule has 0 bridgehead atoms. The first kappa shape index (κ1) is 12.2. The van der Waals surface area contributed by atoms with Crippen molar-refractivity contribution in [2.45, 2.75) is 20.8 Å². The molecule has 5 nitrogen and oxygen atoms in total.